The van der Waals surface area contributed by atoms with Crippen molar-refractivity contribution >= 4 is 70.4 Å². The Bertz CT molecular complexity index is 3210. The summed E-state index contributed by atoms with van der Waals surface area (Å²) in [5, 5.41) is 5.03. The quantitative estimate of drug-likeness (QED) is 0.158. The molecule has 0 spiro atoms. The number of aromatic nitrogens is 1. The molecule has 11 rings (SSSR count). The monoisotopic (exact) mass is 744 g/mol. The first-order valence-corrected chi connectivity index (χ1v) is 20.2. The molecule has 0 radical (unpaired) electrons. The van der Waals surface area contributed by atoms with Gasteiger partial charge in [0.05, 0.1) is 22.4 Å². The molecule has 0 fully saturated rings. The molecule has 3 heteroatoms. The van der Waals surface area contributed by atoms with Crippen LogP contribution >= 0.6 is 11.3 Å². The fourth-order valence-corrected chi connectivity index (χ4v) is 9.63. The molecule has 2 aromatic heterocycles. The van der Waals surface area contributed by atoms with Crippen LogP contribution in [0.4, 0.5) is 17.1 Å². The number of fused-ring (bicyclic) bond motifs is 6. The lowest BCUT2D eigenvalue weighted by Crippen LogP contribution is -2.11. The molecule has 0 atom stereocenters. The van der Waals surface area contributed by atoms with Gasteiger partial charge in [-0.25, -0.2) is 0 Å². The van der Waals surface area contributed by atoms with Gasteiger partial charge in [-0.1, -0.05) is 158 Å². The Hall–Kier alpha value is -7.20. The molecule has 2 nitrogen and oxygen atoms in total. The summed E-state index contributed by atoms with van der Waals surface area (Å²) in [7, 11) is 0. The van der Waals surface area contributed by atoms with E-state index in [0.29, 0.717) is 0 Å². The van der Waals surface area contributed by atoms with Gasteiger partial charge in [0.2, 0.25) is 0 Å². The number of para-hydroxylation sites is 2. The van der Waals surface area contributed by atoms with E-state index in [1.807, 2.05) is 11.3 Å². The Morgan fingerprint density at radius 2 is 0.895 bits per heavy atom. The number of rotatable bonds is 7. The number of nitrogens with zero attached hydrogens (tertiary/aromatic N) is 2. The van der Waals surface area contributed by atoms with Crippen molar-refractivity contribution < 1.29 is 0 Å². The minimum Gasteiger partial charge on any atom is -0.309 e. The molecule has 0 aliphatic carbocycles. The van der Waals surface area contributed by atoms with E-state index in [0.717, 1.165) is 22.7 Å². The molecular weight excluding hydrogens is 709 g/mol. The number of hydrogen-bond donors (Lipinski definition) is 0. The van der Waals surface area contributed by atoms with Gasteiger partial charge in [0.1, 0.15) is 0 Å². The Kier molecular flexibility index (Phi) is 8.04. The number of thiophene rings is 1. The van der Waals surface area contributed by atoms with Gasteiger partial charge in [0, 0.05) is 47.9 Å². The van der Waals surface area contributed by atoms with Crippen LogP contribution in [0, 0.1) is 0 Å². The van der Waals surface area contributed by atoms with Gasteiger partial charge in [-0.05, 0) is 88.5 Å². The number of anilines is 3. The topological polar surface area (TPSA) is 8.17 Å². The standard InChI is InChI=1S/C54H36N2S/c1-3-14-37(15-4-1)38-26-28-39(29-27-38)40-30-32-42(33-31-40)55(48-21-10-7-18-44(48)41-16-5-2-6-17-41)50-23-13-24-51-54(50)46-20-8-11-22-49(46)56(51)43-34-35-53-47(36-43)45-19-9-12-25-52(45)57-53/h1-36H. The van der Waals surface area contributed by atoms with Crippen LogP contribution in [0.15, 0.2) is 218 Å². The van der Waals surface area contributed by atoms with Gasteiger partial charge in [0.15, 0.2) is 0 Å². The van der Waals surface area contributed by atoms with E-state index in [9.17, 15) is 0 Å². The third-order valence-corrected chi connectivity index (χ3v) is 12.4. The highest BCUT2D eigenvalue weighted by Crippen LogP contribution is 2.47. The van der Waals surface area contributed by atoms with Gasteiger partial charge < -0.3 is 9.47 Å². The van der Waals surface area contributed by atoms with E-state index in [4.69, 9.17) is 0 Å². The molecule has 268 valence electrons. The molecule has 0 saturated carbocycles. The average molecular weight is 745 g/mol. The lowest BCUT2D eigenvalue weighted by molar-refractivity contribution is 1.19. The minimum atomic E-state index is 1.10. The van der Waals surface area contributed by atoms with Crippen LogP contribution in [0.3, 0.4) is 0 Å². The summed E-state index contributed by atoms with van der Waals surface area (Å²) < 4.78 is 5.07. The van der Waals surface area contributed by atoms with Gasteiger partial charge >= 0.3 is 0 Å². The van der Waals surface area contributed by atoms with E-state index in [-0.39, 0.29) is 0 Å². The SMILES string of the molecule is c1ccc(-c2ccc(-c3ccc(N(c4ccccc4-c4ccccc4)c4cccc5c4c4ccccc4n5-c4ccc5sc6ccccc6c5c4)cc3)cc2)cc1. The van der Waals surface area contributed by atoms with Crippen LogP contribution < -0.4 is 4.90 Å². The number of benzene rings is 9. The first-order valence-electron chi connectivity index (χ1n) is 19.4. The predicted molar refractivity (Wildman–Crippen MR) is 245 cm³/mol. The Morgan fingerprint density at radius 1 is 0.351 bits per heavy atom. The van der Waals surface area contributed by atoms with Crippen molar-refractivity contribution in [1.29, 1.82) is 0 Å². The molecule has 0 unspecified atom stereocenters. The van der Waals surface area contributed by atoms with Crippen LogP contribution in [0.1, 0.15) is 0 Å². The molecule has 0 N–H and O–H groups in total. The molecule has 0 saturated heterocycles. The maximum atomic E-state index is 2.46. The molecule has 0 amide bonds. The van der Waals surface area contributed by atoms with E-state index in [1.165, 1.54) is 75.4 Å². The maximum absolute atomic E-state index is 2.46. The van der Waals surface area contributed by atoms with Gasteiger partial charge in [-0.2, -0.15) is 0 Å². The van der Waals surface area contributed by atoms with Crippen molar-refractivity contribution in [1.82, 2.24) is 4.57 Å². The molecule has 2 heterocycles. The Morgan fingerprint density at radius 3 is 1.65 bits per heavy atom. The van der Waals surface area contributed by atoms with E-state index >= 15 is 0 Å². The zero-order valence-corrected chi connectivity index (χ0v) is 31.9. The highest BCUT2D eigenvalue weighted by Gasteiger charge is 2.23. The Labute approximate surface area is 335 Å². The molecule has 9 aromatic carbocycles. The maximum Gasteiger partial charge on any atom is 0.0562 e. The summed E-state index contributed by atoms with van der Waals surface area (Å²) in [5.41, 5.74) is 14.0. The van der Waals surface area contributed by atoms with Crippen LogP contribution in [-0.2, 0) is 0 Å². The zero-order chi connectivity index (χ0) is 37.7. The second kappa shape index (κ2) is 13.8. The minimum absolute atomic E-state index is 1.10. The van der Waals surface area contributed by atoms with Gasteiger partial charge in [-0.15, -0.1) is 11.3 Å². The molecule has 0 aliphatic rings. The van der Waals surface area contributed by atoms with Crippen LogP contribution in [-0.4, -0.2) is 4.57 Å². The average Bonchev–Trinajstić information content (AvgIpc) is 3.83. The normalized spacial score (nSPS) is 11.5. The van der Waals surface area contributed by atoms with E-state index in [1.54, 1.807) is 0 Å². The van der Waals surface area contributed by atoms with Gasteiger partial charge in [0.25, 0.3) is 0 Å². The predicted octanol–water partition coefficient (Wildman–Crippen LogP) is 15.6. The van der Waals surface area contributed by atoms with Crippen molar-refractivity contribution in [2.75, 3.05) is 4.90 Å². The fourth-order valence-electron chi connectivity index (χ4n) is 8.55. The number of hydrogen-bond acceptors (Lipinski definition) is 2. The first kappa shape index (κ1) is 33.2. The zero-order valence-electron chi connectivity index (χ0n) is 31.1. The molecular formula is C54H36N2S. The third kappa shape index (κ3) is 5.71. The second-order valence-corrected chi connectivity index (χ2v) is 15.6. The summed E-state index contributed by atoms with van der Waals surface area (Å²) in [6.07, 6.45) is 0. The van der Waals surface area contributed by atoms with Gasteiger partial charge in [-0.3, -0.25) is 0 Å². The summed E-state index contributed by atoms with van der Waals surface area (Å²) in [6, 6.07) is 79.4. The summed E-state index contributed by atoms with van der Waals surface area (Å²) >= 11 is 1.86. The highest BCUT2D eigenvalue weighted by atomic mass is 32.1. The van der Waals surface area contributed by atoms with Crippen molar-refractivity contribution in [3.05, 3.63) is 218 Å². The van der Waals surface area contributed by atoms with Crippen LogP contribution in [0.2, 0.25) is 0 Å². The first-order chi connectivity index (χ1) is 28.3. The van der Waals surface area contributed by atoms with E-state index < -0.39 is 0 Å². The van der Waals surface area contributed by atoms with Crippen molar-refractivity contribution in [3.63, 3.8) is 0 Å². The molecule has 0 aliphatic heterocycles. The third-order valence-electron chi connectivity index (χ3n) is 11.2. The molecule has 11 aromatic rings. The second-order valence-electron chi connectivity index (χ2n) is 14.5. The van der Waals surface area contributed by atoms with Crippen LogP contribution in [0.25, 0.3) is 81.0 Å². The summed E-state index contributed by atoms with van der Waals surface area (Å²) in [4.78, 5) is 2.46. The summed E-state index contributed by atoms with van der Waals surface area (Å²) in [5.74, 6) is 0. The Balaban J connectivity index is 1.11. The summed E-state index contributed by atoms with van der Waals surface area (Å²) in [6.45, 7) is 0. The highest BCUT2D eigenvalue weighted by molar-refractivity contribution is 7.25. The fraction of sp³-hybridized carbons (Fsp3) is 0. The lowest BCUT2D eigenvalue weighted by Gasteiger charge is -2.29. The van der Waals surface area contributed by atoms with Crippen molar-refractivity contribution in [2.45, 2.75) is 0 Å². The van der Waals surface area contributed by atoms with Crippen molar-refractivity contribution in [3.8, 4) is 39.1 Å². The lowest BCUT2D eigenvalue weighted by atomic mass is 9.99. The van der Waals surface area contributed by atoms with Crippen LogP contribution in [0.5, 0.6) is 0 Å². The molecule has 57 heavy (non-hydrogen) atoms. The largest absolute Gasteiger partial charge is 0.309 e. The van der Waals surface area contributed by atoms with Crippen molar-refractivity contribution in [2.24, 2.45) is 0 Å². The smallest absolute Gasteiger partial charge is 0.0562 e. The van der Waals surface area contributed by atoms with E-state index in [2.05, 4.69) is 228 Å². The molecule has 0 bridgehead atoms.